The fourth-order valence-electron chi connectivity index (χ4n) is 1.94. The number of ketones is 1. The van der Waals surface area contributed by atoms with E-state index in [1.165, 1.54) is 19.1 Å². The molecule has 0 bridgehead atoms. The molecular weight excluding hydrogens is 450 g/mol. The first-order valence-corrected chi connectivity index (χ1v) is 8.15. The quantitative estimate of drug-likeness (QED) is 0.524. The summed E-state index contributed by atoms with van der Waals surface area (Å²) in [5, 5.41) is 2.39. The van der Waals surface area contributed by atoms with Gasteiger partial charge in [-0.15, -0.1) is 0 Å². The topological polar surface area (TPSA) is 55.4 Å². The molecule has 0 aliphatic heterocycles. The predicted molar refractivity (Wildman–Crippen MR) is 94.7 cm³/mol. The second-order valence-corrected chi connectivity index (χ2v) is 6.28. The highest BCUT2D eigenvalue weighted by atomic mass is 127. The zero-order chi connectivity index (χ0) is 18.6. The number of Topliss-reactive ketones (excluding diaryl/α,β-unsaturated/α-hetero) is 1. The number of anilines is 1. The van der Waals surface area contributed by atoms with E-state index < -0.39 is 24.3 Å². The summed E-state index contributed by atoms with van der Waals surface area (Å²) in [6.45, 7) is 1.01. The minimum absolute atomic E-state index is 0.0570. The van der Waals surface area contributed by atoms with Crippen LogP contribution in [0.4, 0.5) is 18.9 Å². The SMILES string of the molecule is CC(=O)c1cccc(OCC(=O)Nc2cc(C(F)(F)F)ccc2I)c1. The van der Waals surface area contributed by atoms with Gasteiger partial charge < -0.3 is 10.1 Å². The number of halogens is 4. The predicted octanol–water partition coefficient (Wildman–Crippen LogP) is 4.53. The van der Waals surface area contributed by atoms with Gasteiger partial charge in [-0.1, -0.05) is 12.1 Å². The molecule has 1 amide bonds. The normalized spacial score (nSPS) is 11.1. The van der Waals surface area contributed by atoms with Crippen LogP contribution in [-0.2, 0) is 11.0 Å². The lowest BCUT2D eigenvalue weighted by molar-refractivity contribution is -0.137. The lowest BCUT2D eigenvalue weighted by Crippen LogP contribution is -2.21. The van der Waals surface area contributed by atoms with E-state index in [4.69, 9.17) is 4.74 Å². The standard InChI is InChI=1S/C17H13F3INO3/c1-10(23)11-3-2-4-13(7-11)25-9-16(24)22-15-8-12(17(18,19)20)5-6-14(15)21/h2-8H,9H2,1H3,(H,22,24). The number of carbonyl (C=O) groups is 2. The Balaban J connectivity index is 2.03. The highest BCUT2D eigenvalue weighted by Crippen LogP contribution is 2.32. The van der Waals surface area contributed by atoms with E-state index in [0.717, 1.165) is 12.1 Å². The van der Waals surface area contributed by atoms with Crippen LogP contribution >= 0.6 is 22.6 Å². The van der Waals surface area contributed by atoms with E-state index >= 15 is 0 Å². The van der Waals surface area contributed by atoms with Crippen molar-refractivity contribution in [3.63, 3.8) is 0 Å². The Morgan fingerprint density at radius 3 is 2.52 bits per heavy atom. The molecule has 25 heavy (non-hydrogen) atoms. The van der Waals surface area contributed by atoms with E-state index in [-0.39, 0.29) is 11.5 Å². The average Bonchev–Trinajstić information content (AvgIpc) is 2.54. The third-order valence-corrected chi connectivity index (χ3v) is 4.12. The highest BCUT2D eigenvalue weighted by Gasteiger charge is 2.31. The Hall–Kier alpha value is -2.10. The third kappa shape index (κ3) is 5.45. The molecule has 0 atom stereocenters. The fourth-order valence-corrected chi connectivity index (χ4v) is 2.41. The lowest BCUT2D eigenvalue weighted by Gasteiger charge is -2.12. The van der Waals surface area contributed by atoms with Gasteiger partial charge in [-0.05, 0) is 59.8 Å². The van der Waals surface area contributed by atoms with E-state index in [1.54, 1.807) is 18.2 Å². The first kappa shape index (κ1) is 19.2. The molecule has 8 heteroatoms. The number of alkyl halides is 3. The van der Waals surface area contributed by atoms with Crippen LogP contribution in [0, 0.1) is 3.57 Å². The van der Waals surface area contributed by atoms with Crippen LogP contribution in [0.25, 0.3) is 0 Å². The van der Waals surface area contributed by atoms with Crippen molar-refractivity contribution in [1.82, 2.24) is 0 Å². The molecule has 2 rings (SSSR count). The van der Waals surface area contributed by atoms with Crippen LogP contribution in [0.3, 0.4) is 0 Å². The maximum Gasteiger partial charge on any atom is 0.416 e. The van der Waals surface area contributed by atoms with Crippen molar-refractivity contribution in [3.8, 4) is 5.75 Å². The van der Waals surface area contributed by atoms with Gasteiger partial charge in [0.1, 0.15) is 5.75 Å². The van der Waals surface area contributed by atoms with Crippen LogP contribution in [0.5, 0.6) is 5.75 Å². The molecule has 0 aromatic heterocycles. The second kappa shape index (κ2) is 7.85. The molecule has 132 valence electrons. The molecular formula is C17H13F3INO3. The van der Waals surface area contributed by atoms with Crippen LogP contribution < -0.4 is 10.1 Å². The summed E-state index contributed by atoms with van der Waals surface area (Å²) in [6, 6.07) is 9.38. The Kier molecular flexibility index (Phi) is 6.04. The minimum Gasteiger partial charge on any atom is -0.484 e. The van der Waals surface area contributed by atoms with Crippen LogP contribution in [0.15, 0.2) is 42.5 Å². The summed E-state index contributed by atoms with van der Waals surface area (Å²) < 4.78 is 44.0. The molecule has 1 N–H and O–H groups in total. The van der Waals surface area contributed by atoms with E-state index in [9.17, 15) is 22.8 Å². The number of hydrogen-bond acceptors (Lipinski definition) is 3. The van der Waals surface area contributed by atoms with Crippen molar-refractivity contribution in [2.45, 2.75) is 13.1 Å². The number of rotatable bonds is 5. The van der Waals surface area contributed by atoms with Gasteiger partial charge in [0.25, 0.3) is 5.91 Å². The zero-order valence-electron chi connectivity index (χ0n) is 13.0. The molecule has 0 aliphatic rings. The van der Waals surface area contributed by atoms with Gasteiger partial charge in [-0.3, -0.25) is 9.59 Å². The first-order valence-electron chi connectivity index (χ1n) is 7.07. The summed E-state index contributed by atoms with van der Waals surface area (Å²) in [6.07, 6.45) is -4.49. The van der Waals surface area contributed by atoms with Crippen molar-refractivity contribution < 1.29 is 27.5 Å². The largest absolute Gasteiger partial charge is 0.484 e. The fraction of sp³-hybridized carbons (Fsp3) is 0.176. The van der Waals surface area contributed by atoms with Gasteiger partial charge in [-0.25, -0.2) is 0 Å². The summed E-state index contributed by atoms with van der Waals surface area (Å²) >= 11 is 1.83. The van der Waals surface area contributed by atoms with Gasteiger partial charge in [0.15, 0.2) is 12.4 Å². The van der Waals surface area contributed by atoms with Gasteiger partial charge in [-0.2, -0.15) is 13.2 Å². The monoisotopic (exact) mass is 463 g/mol. The van der Waals surface area contributed by atoms with E-state index in [0.29, 0.717) is 14.9 Å². The van der Waals surface area contributed by atoms with Crippen molar-refractivity contribution in [1.29, 1.82) is 0 Å². The molecule has 0 fully saturated rings. The van der Waals surface area contributed by atoms with Crippen molar-refractivity contribution in [2.75, 3.05) is 11.9 Å². The molecule has 0 radical (unpaired) electrons. The lowest BCUT2D eigenvalue weighted by atomic mass is 10.1. The van der Waals surface area contributed by atoms with Gasteiger partial charge in [0.2, 0.25) is 0 Å². The molecule has 4 nitrogen and oxygen atoms in total. The van der Waals surface area contributed by atoms with Crippen LogP contribution in [0.2, 0.25) is 0 Å². The maximum atomic E-state index is 12.7. The second-order valence-electron chi connectivity index (χ2n) is 5.11. The number of amides is 1. The molecule has 0 saturated carbocycles. The molecule has 2 aromatic rings. The summed E-state index contributed by atoms with van der Waals surface area (Å²) in [4.78, 5) is 23.2. The van der Waals surface area contributed by atoms with E-state index in [2.05, 4.69) is 5.32 Å². The Morgan fingerprint density at radius 2 is 1.88 bits per heavy atom. The number of hydrogen-bond donors (Lipinski definition) is 1. The molecule has 0 spiro atoms. The molecule has 0 aliphatic carbocycles. The zero-order valence-corrected chi connectivity index (χ0v) is 15.1. The first-order chi connectivity index (χ1) is 11.7. The Bertz CT molecular complexity index is 806. The van der Waals surface area contributed by atoms with Crippen molar-refractivity contribution >= 4 is 40.0 Å². The summed E-state index contributed by atoms with van der Waals surface area (Å²) in [5.74, 6) is -0.430. The number of carbonyl (C=O) groups excluding carboxylic acids is 2. The molecule has 0 heterocycles. The smallest absolute Gasteiger partial charge is 0.416 e. The summed E-state index contributed by atoms with van der Waals surface area (Å²) in [7, 11) is 0. The van der Waals surface area contributed by atoms with Crippen molar-refractivity contribution in [2.24, 2.45) is 0 Å². The minimum atomic E-state index is -4.49. The maximum absolute atomic E-state index is 12.7. The van der Waals surface area contributed by atoms with Gasteiger partial charge in [0.05, 0.1) is 11.3 Å². The van der Waals surface area contributed by atoms with Gasteiger partial charge in [0, 0.05) is 9.13 Å². The van der Waals surface area contributed by atoms with Crippen molar-refractivity contribution in [3.05, 3.63) is 57.2 Å². The molecule has 0 unspecified atom stereocenters. The Labute approximate surface area is 155 Å². The number of nitrogens with one attached hydrogen (secondary N) is 1. The highest BCUT2D eigenvalue weighted by molar-refractivity contribution is 14.1. The van der Waals surface area contributed by atoms with E-state index in [1.807, 2.05) is 22.6 Å². The van der Waals surface area contributed by atoms with Gasteiger partial charge >= 0.3 is 6.18 Å². The van der Waals surface area contributed by atoms with Crippen LogP contribution in [-0.4, -0.2) is 18.3 Å². The number of benzene rings is 2. The molecule has 2 aromatic carbocycles. The third-order valence-electron chi connectivity index (χ3n) is 3.18. The Morgan fingerprint density at radius 1 is 1.16 bits per heavy atom. The van der Waals surface area contributed by atoms with Crippen LogP contribution in [0.1, 0.15) is 22.8 Å². The number of ether oxygens (including phenoxy) is 1. The summed E-state index contributed by atoms with van der Waals surface area (Å²) in [5.41, 5.74) is -0.356. The molecule has 0 saturated heterocycles. The average molecular weight is 463 g/mol.